The molecule has 0 saturated heterocycles. The third kappa shape index (κ3) is 8.52. The molecule has 2 nitrogen and oxygen atoms in total. The van der Waals surface area contributed by atoms with Crippen molar-refractivity contribution in [1.82, 2.24) is 10.2 Å². The van der Waals surface area contributed by atoms with Crippen molar-refractivity contribution in [1.29, 1.82) is 0 Å². The van der Waals surface area contributed by atoms with E-state index in [1.165, 1.54) is 109 Å². The van der Waals surface area contributed by atoms with Crippen LogP contribution in [-0.4, -0.2) is 36.6 Å². The van der Waals surface area contributed by atoms with E-state index in [2.05, 4.69) is 45.0 Å². The number of rotatable bonds is 15. The molecule has 0 aromatic rings. The standard InChI is InChI=1S/C27H54N2/c1-6-9-13-24(14-10-7-2)15-11-20-29(5)26-16-18-27(19-17-26)21-25(22-27)28-23(4)12-8-3/h23-26,28H,6-22H2,1-5H3. The molecule has 2 rings (SSSR count). The van der Waals surface area contributed by atoms with E-state index < -0.39 is 0 Å². The Labute approximate surface area is 184 Å². The molecule has 1 N–H and O–H groups in total. The van der Waals surface area contributed by atoms with E-state index >= 15 is 0 Å². The lowest BCUT2D eigenvalue weighted by Gasteiger charge is -2.53. The Hall–Kier alpha value is -0.0800. The first-order chi connectivity index (χ1) is 14.0. The number of unbranched alkanes of at least 4 members (excludes halogenated alkanes) is 2. The second kappa shape index (κ2) is 13.4. The lowest BCUT2D eigenvalue weighted by molar-refractivity contribution is 0.00676. The molecule has 2 fully saturated rings. The van der Waals surface area contributed by atoms with Gasteiger partial charge in [0.2, 0.25) is 0 Å². The second-order valence-electron chi connectivity index (χ2n) is 11.0. The summed E-state index contributed by atoms with van der Waals surface area (Å²) in [4.78, 5) is 2.72. The van der Waals surface area contributed by atoms with Crippen molar-refractivity contribution in [2.45, 2.75) is 149 Å². The summed E-state index contributed by atoms with van der Waals surface area (Å²) in [6, 6.07) is 2.38. The maximum absolute atomic E-state index is 3.88. The van der Waals surface area contributed by atoms with Crippen LogP contribution in [0.4, 0.5) is 0 Å². The number of hydrogen-bond acceptors (Lipinski definition) is 2. The number of nitrogens with zero attached hydrogens (tertiary/aromatic N) is 1. The Balaban J connectivity index is 1.61. The quantitative estimate of drug-likeness (QED) is 0.302. The Kier molecular flexibility index (Phi) is 11.6. The van der Waals surface area contributed by atoms with Crippen LogP contribution in [0.15, 0.2) is 0 Å². The second-order valence-corrected chi connectivity index (χ2v) is 11.0. The number of hydrogen-bond donors (Lipinski definition) is 1. The zero-order valence-corrected chi connectivity index (χ0v) is 20.8. The third-order valence-electron chi connectivity index (χ3n) is 8.29. The molecule has 1 unspecified atom stereocenters. The van der Waals surface area contributed by atoms with Crippen molar-refractivity contribution in [3.63, 3.8) is 0 Å². The molecule has 1 atom stereocenters. The predicted octanol–water partition coefficient (Wildman–Crippen LogP) is 7.56. The summed E-state index contributed by atoms with van der Waals surface area (Å²) in [5.41, 5.74) is 0.715. The van der Waals surface area contributed by atoms with Crippen LogP contribution in [0.3, 0.4) is 0 Å². The molecule has 2 aliphatic rings. The molecule has 0 amide bonds. The Bertz CT molecular complexity index is 397. The van der Waals surface area contributed by atoms with E-state index in [9.17, 15) is 0 Å². The van der Waals surface area contributed by atoms with Gasteiger partial charge in [-0.05, 0) is 89.6 Å². The first-order valence-electron chi connectivity index (χ1n) is 13.5. The summed E-state index contributed by atoms with van der Waals surface area (Å²) in [7, 11) is 2.41. The van der Waals surface area contributed by atoms with Gasteiger partial charge in [0.15, 0.2) is 0 Å². The summed E-state index contributed by atoms with van der Waals surface area (Å²) in [5, 5.41) is 3.88. The summed E-state index contributed by atoms with van der Waals surface area (Å²) in [6.07, 6.45) is 22.8. The first-order valence-corrected chi connectivity index (χ1v) is 13.5. The fourth-order valence-electron chi connectivity index (χ4n) is 6.32. The fraction of sp³-hybridized carbons (Fsp3) is 1.00. The van der Waals surface area contributed by atoms with Crippen LogP contribution >= 0.6 is 0 Å². The molecule has 172 valence electrons. The molecule has 1 spiro atoms. The minimum atomic E-state index is 0.711. The van der Waals surface area contributed by atoms with Crippen molar-refractivity contribution in [3.05, 3.63) is 0 Å². The monoisotopic (exact) mass is 406 g/mol. The van der Waals surface area contributed by atoms with Crippen molar-refractivity contribution in [2.75, 3.05) is 13.6 Å². The van der Waals surface area contributed by atoms with Crippen LogP contribution in [0.25, 0.3) is 0 Å². The molecule has 0 radical (unpaired) electrons. The summed E-state index contributed by atoms with van der Waals surface area (Å²) >= 11 is 0. The van der Waals surface area contributed by atoms with Crippen LogP contribution in [0.1, 0.15) is 130 Å². The highest BCUT2D eigenvalue weighted by Gasteiger charge is 2.46. The summed E-state index contributed by atoms with van der Waals surface area (Å²) in [5.74, 6) is 0.993. The largest absolute Gasteiger partial charge is 0.311 e. The average Bonchev–Trinajstić information content (AvgIpc) is 2.69. The van der Waals surface area contributed by atoms with Gasteiger partial charge in [-0.15, -0.1) is 0 Å². The zero-order chi connectivity index (χ0) is 21.1. The van der Waals surface area contributed by atoms with Crippen LogP contribution in [0.5, 0.6) is 0 Å². The van der Waals surface area contributed by atoms with E-state index in [0.29, 0.717) is 11.5 Å². The maximum atomic E-state index is 3.88. The summed E-state index contributed by atoms with van der Waals surface area (Å²) in [6.45, 7) is 10.7. The van der Waals surface area contributed by atoms with Crippen LogP contribution in [0, 0.1) is 11.3 Å². The van der Waals surface area contributed by atoms with E-state index in [-0.39, 0.29) is 0 Å². The molecular formula is C27H54N2. The van der Waals surface area contributed by atoms with E-state index in [4.69, 9.17) is 0 Å². The van der Waals surface area contributed by atoms with Gasteiger partial charge in [-0.1, -0.05) is 65.7 Å². The van der Waals surface area contributed by atoms with Crippen LogP contribution < -0.4 is 5.32 Å². The van der Waals surface area contributed by atoms with Gasteiger partial charge >= 0.3 is 0 Å². The Morgan fingerprint density at radius 1 is 0.862 bits per heavy atom. The van der Waals surface area contributed by atoms with Gasteiger partial charge in [-0.3, -0.25) is 0 Å². The molecular weight excluding hydrogens is 352 g/mol. The lowest BCUT2D eigenvalue weighted by Crippen LogP contribution is -2.53. The highest BCUT2D eigenvalue weighted by Crippen LogP contribution is 2.52. The Morgan fingerprint density at radius 2 is 1.45 bits per heavy atom. The highest BCUT2D eigenvalue weighted by molar-refractivity contribution is 5.01. The van der Waals surface area contributed by atoms with Gasteiger partial charge < -0.3 is 10.2 Å². The maximum Gasteiger partial charge on any atom is 0.00926 e. The topological polar surface area (TPSA) is 15.3 Å². The van der Waals surface area contributed by atoms with Gasteiger partial charge in [0, 0.05) is 18.1 Å². The van der Waals surface area contributed by atoms with Crippen molar-refractivity contribution < 1.29 is 0 Å². The number of nitrogens with one attached hydrogen (secondary N) is 1. The highest BCUT2D eigenvalue weighted by atomic mass is 15.1. The van der Waals surface area contributed by atoms with E-state index in [1.54, 1.807) is 0 Å². The minimum absolute atomic E-state index is 0.711. The third-order valence-corrected chi connectivity index (χ3v) is 8.29. The van der Waals surface area contributed by atoms with Crippen LogP contribution in [0.2, 0.25) is 0 Å². The predicted molar refractivity (Wildman–Crippen MR) is 130 cm³/mol. The van der Waals surface area contributed by atoms with Crippen molar-refractivity contribution in [2.24, 2.45) is 11.3 Å². The van der Waals surface area contributed by atoms with Gasteiger partial charge in [0.05, 0.1) is 0 Å². The molecule has 0 aromatic heterocycles. The molecule has 0 bridgehead atoms. The Morgan fingerprint density at radius 3 is 2.00 bits per heavy atom. The molecule has 2 heteroatoms. The first kappa shape index (κ1) is 25.2. The normalized spacial score (nSPS) is 28.2. The minimum Gasteiger partial charge on any atom is -0.311 e. The molecule has 29 heavy (non-hydrogen) atoms. The summed E-state index contributed by atoms with van der Waals surface area (Å²) < 4.78 is 0. The van der Waals surface area contributed by atoms with Crippen LogP contribution in [-0.2, 0) is 0 Å². The molecule has 0 aromatic carbocycles. The van der Waals surface area contributed by atoms with Crippen molar-refractivity contribution in [3.8, 4) is 0 Å². The smallest absolute Gasteiger partial charge is 0.00926 e. The zero-order valence-electron chi connectivity index (χ0n) is 20.8. The SMILES string of the molecule is CCCCC(CCCC)CCCN(C)C1CCC2(CC1)CC(NC(C)CCC)C2. The van der Waals surface area contributed by atoms with Gasteiger partial charge in [-0.2, -0.15) is 0 Å². The van der Waals surface area contributed by atoms with Gasteiger partial charge in [0.25, 0.3) is 0 Å². The molecule has 2 saturated carbocycles. The average molecular weight is 407 g/mol. The molecule has 0 aliphatic heterocycles. The van der Waals surface area contributed by atoms with Crippen molar-refractivity contribution >= 4 is 0 Å². The van der Waals surface area contributed by atoms with E-state index in [0.717, 1.165) is 18.0 Å². The lowest BCUT2D eigenvalue weighted by atomic mass is 9.57. The molecule has 2 aliphatic carbocycles. The van der Waals surface area contributed by atoms with E-state index in [1.807, 2.05) is 0 Å². The molecule has 0 heterocycles. The van der Waals surface area contributed by atoms with Gasteiger partial charge in [0.1, 0.15) is 0 Å². The fourth-order valence-corrected chi connectivity index (χ4v) is 6.32. The van der Waals surface area contributed by atoms with Gasteiger partial charge in [-0.25, -0.2) is 0 Å².